The van der Waals surface area contributed by atoms with E-state index >= 15 is 0 Å². The highest BCUT2D eigenvalue weighted by Crippen LogP contribution is 2.13. The van der Waals surface area contributed by atoms with E-state index in [4.69, 9.17) is 11.6 Å². The summed E-state index contributed by atoms with van der Waals surface area (Å²) in [5.41, 5.74) is 3.16. The first kappa shape index (κ1) is 14.1. The lowest BCUT2D eigenvalue weighted by atomic mass is 10.0. The summed E-state index contributed by atoms with van der Waals surface area (Å²) in [6.45, 7) is 1.26. The van der Waals surface area contributed by atoms with E-state index in [9.17, 15) is 4.79 Å². The summed E-state index contributed by atoms with van der Waals surface area (Å²) in [5, 5.41) is 6.90. The van der Waals surface area contributed by atoms with Gasteiger partial charge in [0.1, 0.15) is 0 Å². The summed E-state index contributed by atoms with van der Waals surface area (Å²) >= 11 is 5.94. The van der Waals surface area contributed by atoms with E-state index in [0.717, 1.165) is 28.4 Å². The Balaban J connectivity index is 1.49. The minimum absolute atomic E-state index is 0.0191. The fourth-order valence-electron chi connectivity index (χ4n) is 2.50. The molecule has 0 bridgehead atoms. The summed E-state index contributed by atoms with van der Waals surface area (Å²) in [7, 11) is 0. The lowest BCUT2D eigenvalue weighted by Gasteiger charge is -2.22. The Kier molecular flexibility index (Phi) is 4.22. The Morgan fingerprint density at radius 1 is 1.48 bits per heavy atom. The van der Waals surface area contributed by atoms with Gasteiger partial charge in [-0.15, -0.1) is 0 Å². The van der Waals surface area contributed by atoms with Gasteiger partial charge in [0.05, 0.1) is 23.8 Å². The molecular weight excluding hydrogens is 288 g/mol. The number of imidazole rings is 1. The maximum Gasteiger partial charge on any atom is 0.237 e. The molecule has 0 spiro atoms. The highest BCUT2D eigenvalue weighted by atomic mass is 35.5. The van der Waals surface area contributed by atoms with Crippen molar-refractivity contribution in [2.45, 2.75) is 25.4 Å². The number of hydrogen-bond acceptors (Lipinski definition) is 3. The number of carbonyl (C=O) groups is 1. The summed E-state index contributed by atoms with van der Waals surface area (Å²) < 4.78 is 0. The molecule has 0 saturated carbocycles. The average molecular weight is 305 g/mol. The predicted molar refractivity (Wildman–Crippen MR) is 81.1 cm³/mol. The number of aromatic amines is 1. The largest absolute Gasteiger partial charge is 0.354 e. The second kappa shape index (κ2) is 6.28. The minimum atomic E-state index is -0.208. The van der Waals surface area contributed by atoms with Crippen molar-refractivity contribution < 1.29 is 4.79 Å². The molecule has 1 aliphatic heterocycles. The normalized spacial score (nSPS) is 17.3. The van der Waals surface area contributed by atoms with Gasteiger partial charge in [-0.25, -0.2) is 4.98 Å². The van der Waals surface area contributed by atoms with Crippen LogP contribution in [0.15, 0.2) is 30.6 Å². The van der Waals surface area contributed by atoms with Crippen LogP contribution in [0.5, 0.6) is 0 Å². The molecule has 0 fully saturated rings. The topological polar surface area (TPSA) is 69.8 Å². The summed E-state index contributed by atoms with van der Waals surface area (Å²) in [5.74, 6) is 0.0191. The van der Waals surface area contributed by atoms with E-state index in [2.05, 4.69) is 20.6 Å². The molecule has 3 rings (SSSR count). The van der Waals surface area contributed by atoms with Crippen LogP contribution in [0.25, 0.3) is 0 Å². The zero-order chi connectivity index (χ0) is 14.7. The van der Waals surface area contributed by atoms with Crippen molar-refractivity contribution in [2.75, 3.05) is 6.54 Å². The lowest BCUT2D eigenvalue weighted by molar-refractivity contribution is -0.123. The first-order valence-electron chi connectivity index (χ1n) is 6.99. The molecule has 0 radical (unpaired) electrons. The zero-order valence-corrected chi connectivity index (χ0v) is 12.3. The monoisotopic (exact) mass is 304 g/mol. The highest BCUT2D eigenvalue weighted by Gasteiger charge is 2.25. The fourth-order valence-corrected chi connectivity index (χ4v) is 2.71. The third-order valence-corrected chi connectivity index (χ3v) is 3.88. The molecule has 21 heavy (non-hydrogen) atoms. The van der Waals surface area contributed by atoms with E-state index < -0.39 is 0 Å². The van der Waals surface area contributed by atoms with Gasteiger partial charge in [-0.1, -0.05) is 23.7 Å². The maximum atomic E-state index is 12.1. The van der Waals surface area contributed by atoms with Crippen molar-refractivity contribution in [3.8, 4) is 0 Å². The second-order valence-corrected chi connectivity index (χ2v) is 5.57. The lowest BCUT2D eigenvalue weighted by Crippen LogP contribution is -2.48. The first-order valence-corrected chi connectivity index (χ1v) is 7.37. The third-order valence-electron chi connectivity index (χ3n) is 3.65. The smallest absolute Gasteiger partial charge is 0.237 e. The number of rotatable bonds is 4. The minimum Gasteiger partial charge on any atom is -0.354 e. The van der Waals surface area contributed by atoms with Crippen molar-refractivity contribution in [3.05, 3.63) is 52.6 Å². The molecule has 3 N–H and O–H groups in total. The Morgan fingerprint density at radius 3 is 3.24 bits per heavy atom. The van der Waals surface area contributed by atoms with Crippen LogP contribution < -0.4 is 10.6 Å². The molecule has 1 unspecified atom stereocenters. The van der Waals surface area contributed by atoms with E-state index in [1.807, 2.05) is 24.3 Å². The van der Waals surface area contributed by atoms with Crippen LogP contribution in [0.3, 0.4) is 0 Å². The molecule has 2 aromatic rings. The number of nitrogens with one attached hydrogen (secondary N) is 3. The Morgan fingerprint density at radius 2 is 2.38 bits per heavy atom. The molecule has 2 heterocycles. The van der Waals surface area contributed by atoms with Gasteiger partial charge in [-0.05, 0) is 24.1 Å². The molecule has 1 aliphatic rings. The second-order valence-electron chi connectivity index (χ2n) is 5.14. The standard InChI is InChI=1S/C15H17ClN4O/c16-11-3-1-2-10(6-11)4-5-17-15(21)13-7-12-14(8-18-13)20-9-19-12/h1-3,6,9,13,18H,4-5,7-8H2,(H,17,21)(H,19,20). The van der Waals surface area contributed by atoms with Gasteiger partial charge in [0.2, 0.25) is 5.91 Å². The van der Waals surface area contributed by atoms with Crippen LogP contribution in [-0.4, -0.2) is 28.5 Å². The highest BCUT2D eigenvalue weighted by molar-refractivity contribution is 6.30. The number of benzene rings is 1. The average Bonchev–Trinajstić information content (AvgIpc) is 2.94. The van der Waals surface area contributed by atoms with Gasteiger partial charge in [-0.2, -0.15) is 0 Å². The van der Waals surface area contributed by atoms with Crippen LogP contribution in [0.1, 0.15) is 17.0 Å². The van der Waals surface area contributed by atoms with Crippen LogP contribution in [0.2, 0.25) is 5.02 Å². The number of nitrogens with zero attached hydrogens (tertiary/aromatic N) is 1. The molecule has 1 aromatic heterocycles. The van der Waals surface area contributed by atoms with Crippen LogP contribution in [0.4, 0.5) is 0 Å². The van der Waals surface area contributed by atoms with Crippen LogP contribution >= 0.6 is 11.6 Å². The van der Waals surface area contributed by atoms with E-state index in [1.165, 1.54) is 0 Å². The molecule has 1 atom stereocenters. The fraction of sp³-hybridized carbons (Fsp3) is 0.333. The van der Waals surface area contributed by atoms with Crippen LogP contribution in [-0.2, 0) is 24.2 Å². The molecule has 1 aromatic carbocycles. The number of H-pyrrole nitrogens is 1. The molecule has 1 amide bonds. The van der Waals surface area contributed by atoms with Crippen molar-refractivity contribution in [2.24, 2.45) is 0 Å². The number of amides is 1. The van der Waals surface area contributed by atoms with Gasteiger partial charge in [-0.3, -0.25) is 10.1 Å². The number of aromatic nitrogens is 2. The molecule has 6 heteroatoms. The number of halogens is 1. The van der Waals surface area contributed by atoms with Gasteiger partial charge in [0.25, 0.3) is 0 Å². The Hall–Kier alpha value is -1.85. The van der Waals surface area contributed by atoms with Crippen molar-refractivity contribution in [1.29, 1.82) is 0 Å². The number of fused-ring (bicyclic) bond motifs is 1. The summed E-state index contributed by atoms with van der Waals surface area (Å²) in [6.07, 6.45) is 3.07. The predicted octanol–water partition coefficient (Wildman–Crippen LogP) is 1.44. The summed E-state index contributed by atoms with van der Waals surface area (Å²) in [4.78, 5) is 19.5. The number of hydrogen-bond donors (Lipinski definition) is 3. The van der Waals surface area contributed by atoms with Crippen molar-refractivity contribution >= 4 is 17.5 Å². The van der Waals surface area contributed by atoms with E-state index in [-0.39, 0.29) is 11.9 Å². The zero-order valence-electron chi connectivity index (χ0n) is 11.5. The Bertz CT molecular complexity index is 640. The maximum absolute atomic E-state index is 12.1. The quantitative estimate of drug-likeness (QED) is 0.800. The molecule has 110 valence electrons. The molecule has 0 aliphatic carbocycles. The SMILES string of the molecule is O=C(NCCc1cccc(Cl)c1)C1Cc2nc[nH]c2CN1. The van der Waals surface area contributed by atoms with E-state index in [0.29, 0.717) is 19.5 Å². The summed E-state index contributed by atoms with van der Waals surface area (Å²) in [6, 6.07) is 7.48. The number of carbonyl (C=O) groups excluding carboxylic acids is 1. The molecule has 0 saturated heterocycles. The van der Waals surface area contributed by atoms with Crippen LogP contribution in [0, 0.1) is 0 Å². The van der Waals surface area contributed by atoms with Gasteiger partial charge < -0.3 is 10.3 Å². The molecule has 5 nitrogen and oxygen atoms in total. The van der Waals surface area contributed by atoms with Gasteiger partial charge >= 0.3 is 0 Å². The first-order chi connectivity index (χ1) is 10.2. The van der Waals surface area contributed by atoms with Crippen molar-refractivity contribution in [1.82, 2.24) is 20.6 Å². The van der Waals surface area contributed by atoms with Crippen molar-refractivity contribution in [3.63, 3.8) is 0 Å². The Labute approximate surface area is 128 Å². The molecular formula is C15H17ClN4O. The third kappa shape index (κ3) is 3.43. The van der Waals surface area contributed by atoms with Gasteiger partial charge in [0.15, 0.2) is 0 Å². The van der Waals surface area contributed by atoms with Gasteiger partial charge in [0, 0.05) is 24.5 Å². The van der Waals surface area contributed by atoms with E-state index in [1.54, 1.807) is 6.33 Å².